The lowest BCUT2D eigenvalue weighted by atomic mass is 10.3. The van der Waals surface area contributed by atoms with Crippen molar-refractivity contribution in [2.24, 2.45) is 0 Å². The van der Waals surface area contributed by atoms with Crippen molar-refractivity contribution in [2.75, 3.05) is 26.9 Å². The smallest absolute Gasteiger partial charge is 0.137 e. The van der Waals surface area contributed by atoms with Crippen molar-refractivity contribution in [3.8, 4) is 5.75 Å². The molecule has 4 heteroatoms. The van der Waals surface area contributed by atoms with Gasteiger partial charge in [0.15, 0.2) is 0 Å². The minimum absolute atomic E-state index is 0.707. The van der Waals surface area contributed by atoms with Crippen molar-refractivity contribution in [3.05, 3.63) is 36.7 Å². The number of pyridine rings is 1. The highest BCUT2D eigenvalue weighted by Crippen LogP contribution is 2.09. The fraction of sp³-hybridized carbons (Fsp3) is 0.500. The van der Waals surface area contributed by atoms with Crippen molar-refractivity contribution in [1.29, 1.82) is 0 Å². The summed E-state index contributed by atoms with van der Waals surface area (Å²) < 4.78 is 10.5. The third kappa shape index (κ3) is 6.37. The summed E-state index contributed by atoms with van der Waals surface area (Å²) in [5.74, 6) is 0.819. The molecule has 0 aliphatic rings. The Labute approximate surface area is 109 Å². The van der Waals surface area contributed by atoms with Gasteiger partial charge in [0.1, 0.15) is 5.75 Å². The molecule has 0 saturated carbocycles. The van der Waals surface area contributed by atoms with Gasteiger partial charge < -0.3 is 14.8 Å². The lowest BCUT2D eigenvalue weighted by Gasteiger charge is -2.06. The van der Waals surface area contributed by atoms with E-state index >= 15 is 0 Å². The van der Waals surface area contributed by atoms with Gasteiger partial charge in [0, 0.05) is 20.2 Å². The highest BCUT2D eigenvalue weighted by atomic mass is 16.5. The zero-order chi connectivity index (χ0) is 13.1. The van der Waals surface area contributed by atoms with E-state index in [1.165, 1.54) is 0 Å². The number of ether oxygens (including phenoxy) is 2. The molecule has 0 saturated heterocycles. The molecular weight excluding hydrogens is 228 g/mol. The van der Waals surface area contributed by atoms with Gasteiger partial charge in [-0.15, -0.1) is 6.58 Å². The number of hydrogen-bond acceptors (Lipinski definition) is 4. The minimum atomic E-state index is 0.707. The quantitative estimate of drug-likeness (QED) is 0.510. The Bertz CT molecular complexity index is 325. The molecule has 100 valence electrons. The Morgan fingerprint density at radius 3 is 2.94 bits per heavy atom. The van der Waals surface area contributed by atoms with Gasteiger partial charge in [-0.2, -0.15) is 0 Å². The van der Waals surface area contributed by atoms with E-state index in [2.05, 4.69) is 16.9 Å². The highest BCUT2D eigenvalue weighted by molar-refractivity contribution is 5.19. The average molecular weight is 250 g/mol. The number of nitrogens with one attached hydrogen (secondary N) is 1. The highest BCUT2D eigenvalue weighted by Gasteiger charge is 1.97. The lowest BCUT2D eigenvalue weighted by molar-refractivity contribution is 0.199. The zero-order valence-corrected chi connectivity index (χ0v) is 11.0. The van der Waals surface area contributed by atoms with Crippen LogP contribution < -0.4 is 10.1 Å². The van der Waals surface area contributed by atoms with Gasteiger partial charge in [-0.1, -0.05) is 6.08 Å². The average Bonchev–Trinajstić information content (AvgIpc) is 2.41. The Morgan fingerprint density at radius 2 is 2.28 bits per heavy atom. The summed E-state index contributed by atoms with van der Waals surface area (Å²) in [7, 11) is 1.69. The molecule has 1 aromatic rings. The van der Waals surface area contributed by atoms with Crippen molar-refractivity contribution < 1.29 is 9.47 Å². The van der Waals surface area contributed by atoms with Crippen LogP contribution in [0.15, 0.2) is 31.0 Å². The van der Waals surface area contributed by atoms with Crippen LogP contribution in [-0.4, -0.2) is 31.9 Å². The van der Waals surface area contributed by atoms with Crippen LogP contribution in [0.1, 0.15) is 18.5 Å². The van der Waals surface area contributed by atoms with Crippen molar-refractivity contribution in [2.45, 2.75) is 19.4 Å². The van der Waals surface area contributed by atoms with E-state index in [0.29, 0.717) is 13.2 Å². The zero-order valence-electron chi connectivity index (χ0n) is 11.0. The van der Waals surface area contributed by atoms with Crippen LogP contribution in [0.5, 0.6) is 5.75 Å². The molecule has 1 N–H and O–H groups in total. The van der Waals surface area contributed by atoms with E-state index in [1.54, 1.807) is 13.3 Å². The molecule has 0 amide bonds. The lowest BCUT2D eigenvalue weighted by Crippen LogP contribution is -2.19. The summed E-state index contributed by atoms with van der Waals surface area (Å²) in [5.41, 5.74) is 1.00. The summed E-state index contributed by atoms with van der Waals surface area (Å²) >= 11 is 0. The maximum Gasteiger partial charge on any atom is 0.137 e. The number of nitrogens with zero attached hydrogens (tertiary/aromatic N) is 1. The third-order valence-electron chi connectivity index (χ3n) is 2.41. The molecule has 0 bridgehead atoms. The van der Waals surface area contributed by atoms with E-state index < -0.39 is 0 Å². The monoisotopic (exact) mass is 250 g/mol. The van der Waals surface area contributed by atoms with Gasteiger partial charge in [0.05, 0.1) is 25.1 Å². The fourth-order valence-corrected chi connectivity index (χ4v) is 1.41. The molecule has 0 spiro atoms. The van der Waals surface area contributed by atoms with Crippen LogP contribution in [0.4, 0.5) is 0 Å². The Balaban J connectivity index is 2.22. The summed E-state index contributed by atoms with van der Waals surface area (Å²) in [6, 6.07) is 3.93. The molecule has 0 unspecified atom stereocenters. The van der Waals surface area contributed by atoms with Crippen molar-refractivity contribution in [1.82, 2.24) is 10.3 Å². The second-order valence-electron chi connectivity index (χ2n) is 3.93. The largest absolute Gasteiger partial charge is 0.492 e. The SMILES string of the molecule is C=CCCCOc1ccc(CNCCOC)nc1. The number of allylic oxidation sites excluding steroid dienone is 1. The standard InChI is InChI=1S/C14H22N2O2/c1-3-4-5-9-18-14-7-6-13(16-12-14)11-15-8-10-17-2/h3,6-7,12,15H,1,4-5,8-11H2,2H3. The van der Waals surface area contributed by atoms with Gasteiger partial charge >= 0.3 is 0 Å². The van der Waals surface area contributed by atoms with E-state index in [9.17, 15) is 0 Å². The molecule has 0 atom stereocenters. The maximum atomic E-state index is 5.56. The molecular formula is C14H22N2O2. The predicted molar refractivity (Wildman–Crippen MR) is 72.7 cm³/mol. The molecule has 1 aromatic heterocycles. The fourth-order valence-electron chi connectivity index (χ4n) is 1.41. The molecule has 4 nitrogen and oxygen atoms in total. The van der Waals surface area contributed by atoms with E-state index in [-0.39, 0.29) is 0 Å². The number of aromatic nitrogens is 1. The molecule has 0 aliphatic carbocycles. The van der Waals surface area contributed by atoms with Gasteiger partial charge in [-0.25, -0.2) is 0 Å². The van der Waals surface area contributed by atoms with Gasteiger partial charge in [0.2, 0.25) is 0 Å². The van der Waals surface area contributed by atoms with Gasteiger partial charge in [-0.05, 0) is 25.0 Å². The van der Waals surface area contributed by atoms with Crippen molar-refractivity contribution in [3.63, 3.8) is 0 Å². The molecule has 0 aromatic carbocycles. The first-order valence-corrected chi connectivity index (χ1v) is 6.25. The molecule has 1 rings (SSSR count). The van der Waals surface area contributed by atoms with Crippen molar-refractivity contribution >= 4 is 0 Å². The molecule has 18 heavy (non-hydrogen) atoms. The van der Waals surface area contributed by atoms with Crippen LogP contribution >= 0.6 is 0 Å². The Hall–Kier alpha value is -1.39. The second kappa shape index (κ2) is 9.62. The van der Waals surface area contributed by atoms with Crippen LogP contribution in [0.3, 0.4) is 0 Å². The third-order valence-corrected chi connectivity index (χ3v) is 2.41. The number of unbranched alkanes of at least 4 members (excludes halogenated alkanes) is 1. The normalized spacial score (nSPS) is 10.3. The summed E-state index contributed by atoms with van der Waals surface area (Å²) in [6.07, 6.45) is 5.64. The van der Waals surface area contributed by atoms with Gasteiger partial charge in [-0.3, -0.25) is 4.98 Å². The molecule has 0 fully saturated rings. The summed E-state index contributed by atoms with van der Waals surface area (Å²) in [6.45, 7) is 6.68. The van der Waals surface area contributed by atoms with Gasteiger partial charge in [0.25, 0.3) is 0 Å². The summed E-state index contributed by atoms with van der Waals surface area (Å²) in [5, 5.41) is 3.24. The van der Waals surface area contributed by atoms with E-state index in [0.717, 1.165) is 37.4 Å². The minimum Gasteiger partial charge on any atom is -0.492 e. The predicted octanol–water partition coefficient (Wildman–Crippen LogP) is 2.16. The Kier molecular flexibility index (Phi) is 7.84. The second-order valence-corrected chi connectivity index (χ2v) is 3.93. The Morgan fingerprint density at radius 1 is 1.39 bits per heavy atom. The number of methoxy groups -OCH3 is 1. The first kappa shape index (κ1) is 14.7. The number of rotatable bonds is 10. The van der Waals surface area contributed by atoms with E-state index in [4.69, 9.17) is 9.47 Å². The van der Waals surface area contributed by atoms with Crippen LogP contribution in [0.2, 0.25) is 0 Å². The first-order valence-electron chi connectivity index (χ1n) is 6.25. The van der Waals surface area contributed by atoms with Crippen LogP contribution in [0.25, 0.3) is 0 Å². The molecule has 0 radical (unpaired) electrons. The van der Waals surface area contributed by atoms with E-state index in [1.807, 2.05) is 18.2 Å². The van der Waals surface area contributed by atoms with Crippen LogP contribution in [0, 0.1) is 0 Å². The van der Waals surface area contributed by atoms with Crippen LogP contribution in [-0.2, 0) is 11.3 Å². The maximum absolute atomic E-state index is 5.56. The topological polar surface area (TPSA) is 43.4 Å². The number of hydrogen-bond donors (Lipinski definition) is 1. The molecule has 1 heterocycles. The molecule has 0 aliphatic heterocycles. The summed E-state index contributed by atoms with van der Waals surface area (Å²) in [4.78, 5) is 4.33. The first-order chi connectivity index (χ1) is 8.86.